The number of alkyl halides is 6. The summed E-state index contributed by atoms with van der Waals surface area (Å²) in [6, 6.07) is 1.47. The number of nitriles is 1. The van der Waals surface area contributed by atoms with Crippen LogP contribution in [0, 0.1) is 11.3 Å². The van der Waals surface area contributed by atoms with Gasteiger partial charge < -0.3 is 5.73 Å². The van der Waals surface area contributed by atoms with Gasteiger partial charge in [-0.25, -0.2) is 0 Å². The molecule has 0 aliphatic carbocycles. The molecule has 0 saturated carbocycles. The highest BCUT2D eigenvalue weighted by Crippen LogP contribution is 2.39. The van der Waals surface area contributed by atoms with Crippen molar-refractivity contribution >= 4 is 0 Å². The van der Waals surface area contributed by atoms with E-state index in [9.17, 15) is 26.3 Å². The molecule has 0 amide bonds. The summed E-state index contributed by atoms with van der Waals surface area (Å²) >= 11 is 0. The Kier molecular flexibility index (Phi) is 4.10. The van der Waals surface area contributed by atoms with Crippen molar-refractivity contribution < 1.29 is 26.3 Å². The van der Waals surface area contributed by atoms with Gasteiger partial charge in [-0.2, -0.15) is 31.6 Å². The molecule has 1 aromatic rings. The fraction of sp³-hybridized carbons (Fsp3) is 0.364. The molecule has 0 spiro atoms. The van der Waals surface area contributed by atoms with Crippen molar-refractivity contribution in [2.75, 3.05) is 0 Å². The van der Waals surface area contributed by atoms with Gasteiger partial charge in [-0.3, -0.25) is 0 Å². The number of rotatable bonds is 2. The Morgan fingerprint density at radius 3 is 2.11 bits per heavy atom. The Balaban J connectivity index is 3.38. The quantitative estimate of drug-likeness (QED) is 0.842. The van der Waals surface area contributed by atoms with Crippen molar-refractivity contribution in [1.82, 2.24) is 0 Å². The van der Waals surface area contributed by atoms with Crippen LogP contribution in [0.15, 0.2) is 18.2 Å². The second kappa shape index (κ2) is 5.09. The van der Waals surface area contributed by atoms with E-state index in [1.54, 1.807) is 6.07 Å². The standard InChI is InChI=1S/C11H8F6N2/c12-10(13,14)6-1-2-7(9(19)3-4-18)8(5-6)11(15,16)17/h1-2,5,9H,3,19H2/t9-/m1/s1. The molecule has 0 unspecified atom stereocenters. The molecule has 2 N–H and O–H groups in total. The van der Waals surface area contributed by atoms with E-state index in [0.717, 1.165) is 0 Å². The van der Waals surface area contributed by atoms with Crippen molar-refractivity contribution in [2.45, 2.75) is 24.8 Å². The number of hydrogen-bond donors (Lipinski definition) is 1. The fourth-order valence-corrected chi connectivity index (χ4v) is 1.51. The number of nitrogens with two attached hydrogens (primary N) is 1. The number of hydrogen-bond acceptors (Lipinski definition) is 2. The molecule has 0 fully saturated rings. The minimum absolute atomic E-state index is 0.00652. The van der Waals surface area contributed by atoms with Gasteiger partial charge in [0.1, 0.15) is 0 Å². The fourth-order valence-electron chi connectivity index (χ4n) is 1.51. The Labute approximate surface area is 104 Å². The predicted octanol–water partition coefficient (Wildman–Crippen LogP) is 3.64. The molecule has 0 radical (unpaired) electrons. The average Bonchev–Trinajstić information content (AvgIpc) is 2.26. The average molecular weight is 282 g/mol. The molecule has 0 aliphatic heterocycles. The highest BCUT2D eigenvalue weighted by Gasteiger charge is 2.38. The van der Waals surface area contributed by atoms with Gasteiger partial charge in [0.2, 0.25) is 0 Å². The van der Waals surface area contributed by atoms with Crippen LogP contribution in [0.5, 0.6) is 0 Å². The van der Waals surface area contributed by atoms with Gasteiger partial charge in [0, 0.05) is 6.04 Å². The lowest BCUT2D eigenvalue weighted by Gasteiger charge is -2.18. The van der Waals surface area contributed by atoms with Crippen LogP contribution in [0.3, 0.4) is 0 Å². The smallest absolute Gasteiger partial charge is 0.323 e. The summed E-state index contributed by atoms with van der Waals surface area (Å²) in [5.41, 5.74) is 1.96. The first kappa shape index (κ1) is 15.3. The highest BCUT2D eigenvalue weighted by atomic mass is 19.4. The van der Waals surface area contributed by atoms with E-state index in [4.69, 9.17) is 11.0 Å². The number of halogens is 6. The number of benzene rings is 1. The third-order valence-corrected chi connectivity index (χ3v) is 2.40. The monoisotopic (exact) mass is 282 g/mol. The zero-order valence-electron chi connectivity index (χ0n) is 9.31. The van der Waals surface area contributed by atoms with Crippen LogP contribution < -0.4 is 5.73 Å². The zero-order chi connectivity index (χ0) is 14.8. The van der Waals surface area contributed by atoms with Crippen molar-refractivity contribution in [1.29, 1.82) is 5.26 Å². The lowest BCUT2D eigenvalue weighted by molar-refractivity contribution is -0.143. The van der Waals surface area contributed by atoms with Crippen LogP contribution in [-0.4, -0.2) is 0 Å². The summed E-state index contributed by atoms with van der Waals surface area (Å²) in [6.45, 7) is 0. The van der Waals surface area contributed by atoms with E-state index < -0.39 is 41.5 Å². The lowest BCUT2D eigenvalue weighted by Crippen LogP contribution is -2.19. The SMILES string of the molecule is N#CC[C@@H](N)c1ccc(C(F)(F)F)cc1C(F)(F)F. The summed E-state index contributed by atoms with van der Waals surface area (Å²) in [7, 11) is 0. The molecule has 0 aromatic heterocycles. The van der Waals surface area contributed by atoms with Gasteiger partial charge in [0.25, 0.3) is 0 Å². The first-order valence-corrected chi connectivity index (χ1v) is 4.98. The minimum atomic E-state index is -4.97. The molecule has 8 heteroatoms. The van der Waals surface area contributed by atoms with Gasteiger partial charge in [-0.15, -0.1) is 0 Å². The van der Waals surface area contributed by atoms with Gasteiger partial charge in [-0.1, -0.05) is 6.07 Å². The van der Waals surface area contributed by atoms with Crippen molar-refractivity contribution in [2.24, 2.45) is 5.73 Å². The zero-order valence-corrected chi connectivity index (χ0v) is 9.31. The molecule has 0 bridgehead atoms. The normalized spacial score (nSPS) is 14.0. The van der Waals surface area contributed by atoms with Crippen LogP contribution in [0.2, 0.25) is 0 Å². The minimum Gasteiger partial charge on any atom is -0.323 e. The van der Waals surface area contributed by atoms with E-state index in [1.807, 2.05) is 0 Å². The molecule has 1 atom stereocenters. The molecular formula is C11H8F6N2. The van der Waals surface area contributed by atoms with E-state index in [0.29, 0.717) is 12.1 Å². The molecular weight excluding hydrogens is 274 g/mol. The molecule has 1 aromatic carbocycles. The van der Waals surface area contributed by atoms with Crippen molar-refractivity contribution in [3.05, 3.63) is 34.9 Å². The predicted molar refractivity (Wildman–Crippen MR) is 53.6 cm³/mol. The molecule has 0 heterocycles. The topological polar surface area (TPSA) is 49.8 Å². The second-order valence-corrected chi connectivity index (χ2v) is 3.77. The Morgan fingerprint density at radius 2 is 1.68 bits per heavy atom. The Bertz CT molecular complexity index is 497. The Hall–Kier alpha value is -1.75. The molecule has 0 aliphatic rings. The summed E-state index contributed by atoms with van der Waals surface area (Å²) in [5, 5.41) is 8.38. The maximum absolute atomic E-state index is 12.7. The first-order chi connectivity index (χ1) is 8.57. The van der Waals surface area contributed by atoms with Crippen LogP contribution in [-0.2, 0) is 12.4 Å². The van der Waals surface area contributed by atoms with Crippen LogP contribution >= 0.6 is 0 Å². The van der Waals surface area contributed by atoms with Gasteiger partial charge in [0.15, 0.2) is 0 Å². The first-order valence-electron chi connectivity index (χ1n) is 4.98. The van der Waals surface area contributed by atoms with Crippen LogP contribution in [0.1, 0.15) is 29.2 Å². The van der Waals surface area contributed by atoms with Crippen LogP contribution in [0.4, 0.5) is 26.3 Å². The van der Waals surface area contributed by atoms with Crippen molar-refractivity contribution in [3.63, 3.8) is 0 Å². The molecule has 2 nitrogen and oxygen atoms in total. The number of nitrogens with zero attached hydrogens (tertiary/aromatic N) is 1. The highest BCUT2D eigenvalue weighted by molar-refractivity contribution is 5.37. The van der Waals surface area contributed by atoms with Gasteiger partial charge in [0.05, 0.1) is 23.6 Å². The summed E-state index contributed by atoms with van der Waals surface area (Å²) in [4.78, 5) is 0. The van der Waals surface area contributed by atoms with E-state index in [1.165, 1.54) is 0 Å². The van der Waals surface area contributed by atoms with Crippen LogP contribution in [0.25, 0.3) is 0 Å². The maximum Gasteiger partial charge on any atom is 0.416 e. The van der Waals surface area contributed by atoms with Gasteiger partial charge in [-0.05, 0) is 17.7 Å². The maximum atomic E-state index is 12.7. The summed E-state index contributed by atoms with van der Waals surface area (Å²) in [5.74, 6) is 0. The molecule has 1 rings (SSSR count). The molecule has 104 valence electrons. The van der Waals surface area contributed by atoms with Gasteiger partial charge >= 0.3 is 12.4 Å². The summed E-state index contributed by atoms with van der Waals surface area (Å²) in [6.07, 6.45) is -10.3. The lowest BCUT2D eigenvalue weighted by atomic mass is 9.96. The van der Waals surface area contributed by atoms with E-state index in [2.05, 4.69) is 0 Å². The Morgan fingerprint density at radius 1 is 1.11 bits per heavy atom. The third-order valence-electron chi connectivity index (χ3n) is 2.40. The third kappa shape index (κ3) is 3.61. The largest absolute Gasteiger partial charge is 0.416 e. The van der Waals surface area contributed by atoms with E-state index >= 15 is 0 Å². The molecule has 19 heavy (non-hydrogen) atoms. The second-order valence-electron chi connectivity index (χ2n) is 3.77. The summed E-state index contributed by atoms with van der Waals surface area (Å²) < 4.78 is 75.3. The van der Waals surface area contributed by atoms with E-state index in [-0.39, 0.29) is 6.07 Å². The van der Waals surface area contributed by atoms with Crippen molar-refractivity contribution in [3.8, 4) is 6.07 Å². The molecule has 0 saturated heterocycles.